The molecule has 0 aliphatic rings. The molecule has 0 unspecified atom stereocenters. The van der Waals surface area contributed by atoms with Crippen LogP contribution in [0.3, 0.4) is 0 Å². The van der Waals surface area contributed by atoms with E-state index in [1.807, 2.05) is 79.7 Å². The van der Waals surface area contributed by atoms with Gasteiger partial charge in [-0.15, -0.1) is 0 Å². The van der Waals surface area contributed by atoms with Gasteiger partial charge < -0.3 is 9.47 Å². The number of nitrogens with zero attached hydrogens (tertiary/aromatic N) is 2. The Hall–Kier alpha value is -3.38. The maximum atomic E-state index is 5.94. The summed E-state index contributed by atoms with van der Waals surface area (Å²) < 4.78 is 12.8. The van der Waals surface area contributed by atoms with Gasteiger partial charge in [-0.05, 0) is 48.4 Å². The molecule has 0 radical (unpaired) electrons. The molecule has 0 bridgehead atoms. The standard InChI is InChI=1S/C23H21N3O2S/c1-2-27-21-14-18(12-13-20(21)28-16-17-8-4-3-5-9-17)15-24-26-23-25-19-10-6-7-11-22(19)29-23/h3-15H,2,16H2,1H3,(H,25,26)/b24-15+. The Morgan fingerprint density at radius 1 is 0.966 bits per heavy atom. The summed E-state index contributed by atoms with van der Waals surface area (Å²) >= 11 is 1.57. The van der Waals surface area contributed by atoms with Gasteiger partial charge in [0.25, 0.3) is 0 Å². The second-order valence-corrected chi connectivity index (χ2v) is 7.30. The number of hydrogen-bond acceptors (Lipinski definition) is 6. The van der Waals surface area contributed by atoms with Crippen molar-refractivity contribution >= 4 is 32.9 Å². The molecule has 3 aromatic carbocycles. The van der Waals surface area contributed by atoms with Gasteiger partial charge in [0.1, 0.15) is 6.61 Å². The van der Waals surface area contributed by atoms with Crippen molar-refractivity contribution in [3.63, 3.8) is 0 Å². The number of ether oxygens (including phenoxy) is 2. The molecule has 6 heteroatoms. The zero-order valence-corrected chi connectivity index (χ0v) is 16.9. The Morgan fingerprint density at radius 2 is 1.79 bits per heavy atom. The van der Waals surface area contributed by atoms with Crippen molar-refractivity contribution in [2.24, 2.45) is 5.10 Å². The van der Waals surface area contributed by atoms with E-state index >= 15 is 0 Å². The molecule has 4 rings (SSSR count). The van der Waals surface area contributed by atoms with Crippen LogP contribution in [0, 0.1) is 0 Å². The van der Waals surface area contributed by atoms with Crippen LogP contribution in [-0.4, -0.2) is 17.8 Å². The van der Waals surface area contributed by atoms with Crippen LogP contribution in [0.2, 0.25) is 0 Å². The third-order valence-corrected chi connectivity index (χ3v) is 5.11. The minimum atomic E-state index is 0.494. The largest absolute Gasteiger partial charge is 0.490 e. The molecule has 0 saturated heterocycles. The van der Waals surface area contributed by atoms with E-state index in [1.54, 1.807) is 17.6 Å². The highest BCUT2D eigenvalue weighted by molar-refractivity contribution is 7.22. The number of aromatic nitrogens is 1. The summed E-state index contributed by atoms with van der Waals surface area (Å²) in [7, 11) is 0. The molecular weight excluding hydrogens is 382 g/mol. The predicted molar refractivity (Wildman–Crippen MR) is 119 cm³/mol. The summed E-state index contributed by atoms with van der Waals surface area (Å²) in [6, 6.07) is 23.9. The molecule has 0 aliphatic carbocycles. The quantitative estimate of drug-likeness (QED) is 0.302. The Labute approximate surface area is 173 Å². The first-order valence-electron chi connectivity index (χ1n) is 9.40. The van der Waals surface area contributed by atoms with E-state index in [9.17, 15) is 0 Å². The highest BCUT2D eigenvalue weighted by atomic mass is 32.1. The van der Waals surface area contributed by atoms with E-state index < -0.39 is 0 Å². The van der Waals surface area contributed by atoms with Crippen LogP contribution in [0.15, 0.2) is 77.9 Å². The molecule has 29 heavy (non-hydrogen) atoms. The Kier molecular flexibility index (Phi) is 6.02. The summed E-state index contributed by atoms with van der Waals surface area (Å²) in [6.45, 7) is 3.01. The number of rotatable bonds is 8. The Bertz CT molecular complexity index is 1080. The van der Waals surface area contributed by atoms with Crippen LogP contribution in [0.5, 0.6) is 11.5 Å². The number of thiazole rings is 1. The lowest BCUT2D eigenvalue weighted by Crippen LogP contribution is -2.00. The van der Waals surface area contributed by atoms with Crippen molar-refractivity contribution in [2.75, 3.05) is 12.0 Å². The lowest BCUT2D eigenvalue weighted by atomic mass is 10.2. The lowest BCUT2D eigenvalue weighted by Gasteiger charge is -2.12. The molecule has 4 aromatic rings. The van der Waals surface area contributed by atoms with Gasteiger partial charge in [-0.3, -0.25) is 5.43 Å². The summed E-state index contributed by atoms with van der Waals surface area (Å²) in [5.41, 5.74) is 5.99. The molecule has 146 valence electrons. The van der Waals surface area contributed by atoms with Gasteiger partial charge in [-0.25, -0.2) is 4.98 Å². The summed E-state index contributed by atoms with van der Waals surface area (Å²) in [5, 5.41) is 5.07. The number of para-hydroxylation sites is 1. The van der Waals surface area contributed by atoms with Gasteiger partial charge in [0.05, 0.1) is 23.0 Å². The first kappa shape index (κ1) is 19.0. The number of nitrogens with one attached hydrogen (secondary N) is 1. The fraction of sp³-hybridized carbons (Fsp3) is 0.130. The Morgan fingerprint density at radius 3 is 2.62 bits per heavy atom. The van der Waals surface area contributed by atoms with E-state index in [-0.39, 0.29) is 0 Å². The third kappa shape index (κ3) is 4.92. The SMILES string of the molecule is CCOc1cc(/C=N/Nc2nc3ccccc3s2)ccc1OCc1ccccc1. The van der Waals surface area contributed by atoms with Crippen LogP contribution in [-0.2, 0) is 6.61 Å². The molecule has 0 spiro atoms. The number of anilines is 1. The number of hydrazone groups is 1. The molecule has 1 N–H and O–H groups in total. The summed E-state index contributed by atoms with van der Waals surface area (Å²) in [6.07, 6.45) is 1.75. The molecule has 0 amide bonds. The van der Waals surface area contributed by atoms with Crippen LogP contribution in [0.25, 0.3) is 10.2 Å². The van der Waals surface area contributed by atoms with Crippen molar-refractivity contribution < 1.29 is 9.47 Å². The van der Waals surface area contributed by atoms with Gasteiger partial charge in [-0.1, -0.05) is 53.8 Å². The smallest absolute Gasteiger partial charge is 0.204 e. The van der Waals surface area contributed by atoms with Gasteiger partial charge >= 0.3 is 0 Å². The second kappa shape index (κ2) is 9.21. The second-order valence-electron chi connectivity index (χ2n) is 6.27. The van der Waals surface area contributed by atoms with E-state index in [0.29, 0.717) is 24.7 Å². The van der Waals surface area contributed by atoms with Crippen LogP contribution < -0.4 is 14.9 Å². The van der Waals surface area contributed by atoms with E-state index in [1.165, 1.54) is 0 Å². The number of fused-ring (bicyclic) bond motifs is 1. The van der Waals surface area contributed by atoms with E-state index in [0.717, 1.165) is 26.5 Å². The highest BCUT2D eigenvalue weighted by Gasteiger charge is 2.07. The molecule has 0 aliphatic heterocycles. The van der Waals surface area contributed by atoms with Crippen molar-refractivity contribution in [3.05, 3.63) is 83.9 Å². The van der Waals surface area contributed by atoms with Crippen LogP contribution >= 0.6 is 11.3 Å². The molecule has 0 fully saturated rings. The van der Waals surface area contributed by atoms with Gasteiger partial charge in [0.15, 0.2) is 11.5 Å². The first-order chi connectivity index (χ1) is 14.3. The number of benzene rings is 3. The first-order valence-corrected chi connectivity index (χ1v) is 10.2. The highest BCUT2D eigenvalue weighted by Crippen LogP contribution is 2.29. The van der Waals surface area contributed by atoms with Gasteiger partial charge in [0, 0.05) is 0 Å². The summed E-state index contributed by atoms with van der Waals surface area (Å²) in [5.74, 6) is 1.42. The lowest BCUT2D eigenvalue weighted by molar-refractivity contribution is 0.269. The van der Waals surface area contributed by atoms with Crippen LogP contribution in [0.1, 0.15) is 18.1 Å². The zero-order chi connectivity index (χ0) is 19.9. The minimum absolute atomic E-state index is 0.494. The monoisotopic (exact) mass is 403 g/mol. The van der Waals surface area contributed by atoms with E-state index in [2.05, 4.69) is 15.5 Å². The molecule has 5 nitrogen and oxygen atoms in total. The predicted octanol–water partition coefficient (Wildman–Crippen LogP) is 5.72. The average Bonchev–Trinajstić information content (AvgIpc) is 3.17. The van der Waals surface area contributed by atoms with Crippen molar-refractivity contribution in [1.82, 2.24) is 4.98 Å². The van der Waals surface area contributed by atoms with Crippen molar-refractivity contribution in [1.29, 1.82) is 0 Å². The Balaban J connectivity index is 1.44. The number of hydrogen-bond donors (Lipinski definition) is 1. The van der Waals surface area contributed by atoms with Crippen molar-refractivity contribution in [3.8, 4) is 11.5 Å². The molecule has 0 atom stereocenters. The maximum Gasteiger partial charge on any atom is 0.204 e. The van der Waals surface area contributed by atoms with Gasteiger partial charge in [0.2, 0.25) is 5.13 Å². The maximum absolute atomic E-state index is 5.94. The average molecular weight is 404 g/mol. The fourth-order valence-corrected chi connectivity index (χ4v) is 3.63. The fourth-order valence-electron chi connectivity index (χ4n) is 2.81. The summed E-state index contributed by atoms with van der Waals surface area (Å²) in [4.78, 5) is 4.51. The minimum Gasteiger partial charge on any atom is -0.490 e. The van der Waals surface area contributed by atoms with E-state index in [4.69, 9.17) is 9.47 Å². The normalized spacial score (nSPS) is 11.1. The van der Waals surface area contributed by atoms with Gasteiger partial charge in [-0.2, -0.15) is 5.10 Å². The molecule has 1 heterocycles. The molecular formula is C23H21N3O2S. The molecule has 0 saturated carbocycles. The van der Waals surface area contributed by atoms with Crippen molar-refractivity contribution in [2.45, 2.75) is 13.5 Å². The topological polar surface area (TPSA) is 55.7 Å². The third-order valence-electron chi connectivity index (χ3n) is 4.17. The molecule has 1 aromatic heterocycles. The van der Waals surface area contributed by atoms with Crippen LogP contribution in [0.4, 0.5) is 5.13 Å². The zero-order valence-electron chi connectivity index (χ0n) is 16.0.